The van der Waals surface area contributed by atoms with Crippen LogP contribution in [0.4, 0.5) is 5.69 Å². The smallest absolute Gasteiger partial charge is 0.156 e. The van der Waals surface area contributed by atoms with Gasteiger partial charge in [-0.1, -0.05) is 41.4 Å². The number of hydrogen-bond acceptors (Lipinski definition) is 4. The van der Waals surface area contributed by atoms with Crippen LogP contribution in [0.25, 0.3) is 0 Å². The Morgan fingerprint density at radius 1 is 0.917 bits per heavy atom. The molecule has 1 aliphatic rings. The maximum absolute atomic E-state index is 9.95. The molecule has 1 aliphatic heterocycles. The van der Waals surface area contributed by atoms with Crippen molar-refractivity contribution in [1.82, 2.24) is 4.90 Å². The summed E-state index contributed by atoms with van der Waals surface area (Å²) >= 11 is 12.2. The molecule has 3 rings (SSSR count). The Morgan fingerprint density at radius 3 is 2.25 bits per heavy atom. The molecule has 1 heterocycles. The van der Waals surface area contributed by atoms with Crippen LogP contribution < -0.4 is 9.64 Å². The maximum atomic E-state index is 9.95. The molecule has 1 saturated heterocycles. The van der Waals surface area contributed by atoms with Gasteiger partial charge in [0.05, 0.1) is 15.7 Å². The lowest BCUT2D eigenvalue weighted by atomic mass is 10.2. The third kappa shape index (κ3) is 4.07. The van der Waals surface area contributed by atoms with Crippen LogP contribution in [0.1, 0.15) is 0 Å². The Hall–Kier alpha value is -1.62. The van der Waals surface area contributed by atoms with E-state index in [4.69, 9.17) is 27.9 Å². The van der Waals surface area contributed by atoms with E-state index in [2.05, 4.69) is 9.80 Å². The quantitative estimate of drug-likeness (QED) is 0.870. The van der Waals surface area contributed by atoms with Gasteiger partial charge in [-0.3, -0.25) is 4.90 Å². The van der Waals surface area contributed by atoms with Crippen LogP contribution in [0, 0.1) is 0 Å². The Bertz CT molecular complexity index is 668. The predicted molar refractivity (Wildman–Crippen MR) is 98.7 cm³/mol. The molecule has 1 N–H and O–H groups in total. The van der Waals surface area contributed by atoms with Gasteiger partial charge in [0.15, 0.2) is 5.75 Å². The highest BCUT2D eigenvalue weighted by atomic mass is 35.5. The second kappa shape index (κ2) is 7.97. The second-order valence-corrected chi connectivity index (χ2v) is 6.53. The van der Waals surface area contributed by atoms with E-state index in [0.29, 0.717) is 28.2 Å². The SMILES string of the molecule is Oc1ccccc1N1CCN(CCOc2c(Cl)cccc2Cl)CC1. The fraction of sp³-hybridized carbons (Fsp3) is 0.333. The second-order valence-electron chi connectivity index (χ2n) is 5.72. The van der Waals surface area contributed by atoms with E-state index in [9.17, 15) is 5.11 Å². The monoisotopic (exact) mass is 366 g/mol. The molecule has 24 heavy (non-hydrogen) atoms. The lowest BCUT2D eigenvalue weighted by Crippen LogP contribution is -2.47. The summed E-state index contributed by atoms with van der Waals surface area (Å²) in [7, 11) is 0. The van der Waals surface area contributed by atoms with Gasteiger partial charge in [0.2, 0.25) is 0 Å². The molecule has 2 aromatic rings. The zero-order valence-electron chi connectivity index (χ0n) is 13.3. The van der Waals surface area contributed by atoms with Crippen molar-refractivity contribution < 1.29 is 9.84 Å². The normalized spacial score (nSPS) is 15.5. The minimum absolute atomic E-state index is 0.336. The minimum atomic E-state index is 0.336. The summed E-state index contributed by atoms with van der Waals surface area (Å²) in [6, 6.07) is 12.8. The van der Waals surface area contributed by atoms with Crippen LogP contribution in [0.15, 0.2) is 42.5 Å². The van der Waals surface area contributed by atoms with E-state index in [1.165, 1.54) is 0 Å². The summed E-state index contributed by atoms with van der Waals surface area (Å²) in [6.07, 6.45) is 0. The standard InChI is InChI=1S/C18H20Cl2N2O2/c19-14-4-3-5-15(20)18(14)24-13-12-21-8-10-22(11-9-21)16-6-1-2-7-17(16)23/h1-7,23H,8-13H2. The molecule has 0 aromatic heterocycles. The van der Waals surface area contributed by atoms with Gasteiger partial charge in [0, 0.05) is 32.7 Å². The van der Waals surface area contributed by atoms with Crippen LogP contribution in [0.3, 0.4) is 0 Å². The fourth-order valence-electron chi connectivity index (χ4n) is 2.84. The van der Waals surface area contributed by atoms with Gasteiger partial charge >= 0.3 is 0 Å². The van der Waals surface area contributed by atoms with Crippen molar-refractivity contribution in [3.05, 3.63) is 52.5 Å². The number of ether oxygens (including phenoxy) is 1. The predicted octanol–water partition coefficient (Wildman–Crippen LogP) is 3.90. The molecular weight excluding hydrogens is 347 g/mol. The number of phenolic OH excluding ortho intramolecular Hbond substituents is 1. The summed E-state index contributed by atoms with van der Waals surface area (Å²) in [6.45, 7) is 4.97. The number of phenols is 1. The van der Waals surface area contributed by atoms with E-state index in [-0.39, 0.29) is 0 Å². The molecule has 2 aromatic carbocycles. The van der Waals surface area contributed by atoms with Gasteiger partial charge in [-0.15, -0.1) is 0 Å². The molecule has 128 valence electrons. The van der Waals surface area contributed by atoms with Crippen molar-refractivity contribution in [3.63, 3.8) is 0 Å². The van der Waals surface area contributed by atoms with Gasteiger partial charge in [0.25, 0.3) is 0 Å². The number of piperazine rings is 1. The number of hydrogen-bond donors (Lipinski definition) is 1. The molecule has 0 amide bonds. The molecule has 1 fully saturated rings. The topological polar surface area (TPSA) is 35.9 Å². The van der Waals surface area contributed by atoms with E-state index in [1.807, 2.05) is 18.2 Å². The number of nitrogens with zero attached hydrogens (tertiary/aromatic N) is 2. The first kappa shape index (κ1) is 17.2. The van der Waals surface area contributed by atoms with Crippen LogP contribution in [0.2, 0.25) is 10.0 Å². The Balaban J connectivity index is 1.47. The summed E-state index contributed by atoms with van der Waals surface area (Å²) < 4.78 is 5.74. The average molecular weight is 367 g/mol. The van der Waals surface area contributed by atoms with E-state index >= 15 is 0 Å². The molecule has 0 bridgehead atoms. The average Bonchev–Trinajstić information content (AvgIpc) is 2.59. The minimum Gasteiger partial charge on any atom is -0.506 e. The molecule has 0 spiro atoms. The van der Waals surface area contributed by atoms with Crippen LogP contribution in [-0.2, 0) is 0 Å². The van der Waals surface area contributed by atoms with Gasteiger partial charge in [-0.25, -0.2) is 0 Å². The van der Waals surface area contributed by atoms with Crippen molar-refractivity contribution in [3.8, 4) is 11.5 Å². The van der Waals surface area contributed by atoms with Crippen molar-refractivity contribution in [1.29, 1.82) is 0 Å². The highest BCUT2D eigenvalue weighted by molar-refractivity contribution is 6.37. The van der Waals surface area contributed by atoms with Crippen molar-refractivity contribution in [2.45, 2.75) is 0 Å². The number of benzene rings is 2. The first-order valence-electron chi connectivity index (χ1n) is 7.97. The fourth-order valence-corrected chi connectivity index (χ4v) is 3.35. The number of rotatable bonds is 5. The summed E-state index contributed by atoms with van der Waals surface area (Å²) in [5.74, 6) is 0.885. The number of anilines is 1. The molecule has 0 radical (unpaired) electrons. The van der Waals surface area contributed by atoms with Gasteiger partial charge in [0.1, 0.15) is 12.4 Å². The van der Waals surface area contributed by atoms with E-state index in [0.717, 1.165) is 38.4 Å². The summed E-state index contributed by atoms with van der Waals surface area (Å²) in [5.41, 5.74) is 0.899. The van der Waals surface area contributed by atoms with Crippen LogP contribution in [-0.4, -0.2) is 49.3 Å². The molecule has 6 heteroatoms. The number of para-hydroxylation sites is 3. The Labute approximate surface area is 152 Å². The van der Waals surface area contributed by atoms with Gasteiger partial charge in [-0.05, 0) is 24.3 Å². The largest absolute Gasteiger partial charge is 0.506 e. The zero-order chi connectivity index (χ0) is 16.9. The third-order valence-electron chi connectivity index (χ3n) is 4.17. The molecular formula is C18H20Cl2N2O2. The molecule has 0 unspecified atom stereocenters. The molecule has 0 saturated carbocycles. The molecule has 0 atom stereocenters. The zero-order valence-corrected chi connectivity index (χ0v) is 14.8. The lowest BCUT2D eigenvalue weighted by molar-refractivity contribution is 0.200. The van der Waals surface area contributed by atoms with Crippen molar-refractivity contribution in [2.75, 3.05) is 44.2 Å². The lowest BCUT2D eigenvalue weighted by Gasteiger charge is -2.36. The van der Waals surface area contributed by atoms with Crippen LogP contribution >= 0.6 is 23.2 Å². The molecule has 0 aliphatic carbocycles. The van der Waals surface area contributed by atoms with E-state index < -0.39 is 0 Å². The summed E-state index contributed by atoms with van der Waals surface area (Å²) in [5, 5.41) is 11.0. The van der Waals surface area contributed by atoms with Gasteiger partial charge < -0.3 is 14.7 Å². The maximum Gasteiger partial charge on any atom is 0.156 e. The van der Waals surface area contributed by atoms with Gasteiger partial charge in [-0.2, -0.15) is 0 Å². The number of halogens is 2. The summed E-state index contributed by atoms with van der Waals surface area (Å²) in [4.78, 5) is 4.54. The Morgan fingerprint density at radius 2 is 1.58 bits per heavy atom. The van der Waals surface area contributed by atoms with Crippen LogP contribution in [0.5, 0.6) is 11.5 Å². The van der Waals surface area contributed by atoms with Crippen molar-refractivity contribution in [2.24, 2.45) is 0 Å². The third-order valence-corrected chi connectivity index (χ3v) is 4.76. The first-order valence-corrected chi connectivity index (χ1v) is 8.73. The molecule has 4 nitrogen and oxygen atoms in total. The Kier molecular flexibility index (Phi) is 5.72. The highest BCUT2D eigenvalue weighted by Crippen LogP contribution is 2.32. The number of aromatic hydroxyl groups is 1. The van der Waals surface area contributed by atoms with Crippen molar-refractivity contribution >= 4 is 28.9 Å². The first-order chi connectivity index (χ1) is 11.6. The van der Waals surface area contributed by atoms with E-state index in [1.54, 1.807) is 24.3 Å². The highest BCUT2D eigenvalue weighted by Gasteiger charge is 2.19.